The van der Waals surface area contributed by atoms with Crippen LogP contribution in [0.15, 0.2) is 23.3 Å². The Morgan fingerprint density at radius 2 is 0.467 bits per heavy atom. The van der Waals surface area contributed by atoms with E-state index >= 15 is 0 Å². The summed E-state index contributed by atoms with van der Waals surface area (Å²) in [6.07, 6.45) is -25.8. The van der Waals surface area contributed by atoms with E-state index in [-0.39, 0.29) is 0 Å². The van der Waals surface area contributed by atoms with E-state index in [9.17, 15) is 87.8 Å². The van der Waals surface area contributed by atoms with Crippen LogP contribution >= 0.6 is 0 Å². The van der Waals surface area contributed by atoms with E-state index in [4.69, 9.17) is 0 Å². The van der Waals surface area contributed by atoms with Gasteiger partial charge in [-0.2, -0.15) is 79.0 Å². The maximum Gasteiger partial charge on any atom is 0.460 e. The van der Waals surface area contributed by atoms with Crippen molar-refractivity contribution in [1.82, 2.24) is 0 Å². The van der Waals surface area contributed by atoms with Crippen molar-refractivity contribution in [3.63, 3.8) is 0 Å². The summed E-state index contributed by atoms with van der Waals surface area (Å²) in [7, 11) is 0. The second-order valence-corrected chi connectivity index (χ2v) is 4.40. The predicted molar refractivity (Wildman–Crippen MR) is 52.6 cm³/mol. The van der Waals surface area contributed by atoms with Crippen LogP contribution in [0.4, 0.5) is 87.8 Å². The molecule has 0 aromatic heterocycles. The molecule has 20 heteroatoms. The highest BCUT2D eigenvalue weighted by Crippen LogP contribution is 2.46. The molecular formula is C10F20. The van der Waals surface area contributed by atoms with E-state index in [1.807, 2.05) is 0 Å². The average Bonchev–Trinajstić information content (AvgIpc) is 2.48. The molecule has 0 saturated carbocycles. The third kappa shape index (κ3) is 7.10. The Labute approximate surface area is 149 Å². The summed E-state index contributed by atoms with van der Waals surface area (Å²) in [5.41, 5.74) is 0. The molecule has 0 rings (SSSR count). The van der Waals surface area contributed by atoms with Gasteiger partial charge in [-0.1, -0.05) is 0 Å². The highest BCUT2D eigenvalue weighted by molar-refractivity contribution is 5.16. The molecule has 0 fully saturated rings. The van der Waals surface area contributed by atoms with Crippen molar-refractivity contribution in [1.29, 1.82) is 0 Å². The predicted octanol–water partition coefficient (Wildman–Crippen LogP) is 7.79. The van der Waals surface area contributed by atoms with E-state index < -0.39 is 59.9 Å². The quantitative estimate of drug-likeness (QED) is 0.340. The van der Waals surface area contributed by atoms with Crippen molar-refractivity contribution >= 4 is 0 Å². The fraction of sp³-hybridized carbons (Fsp3) is 0.600. The molecule has 0 N–H and O–H groups in total. The lowest BCUT2D eigenvalue weighted by atomic mass is 10.2. The number of alkyl halides is 16. The summed E-state index contributed by atoms with van der Waals surface area (Å²) in [5.74, 6) is -29.6. The van der Waals surface area contributed by atoms with Crippen molar-refractivity contribution in [2.24, 2.45) is 0 Å². The molecule has 0 aliphatic rings. The third-order valence-corrected chi connectivity index (χ3v) is 2.15. The smallest absolute Gasteiger partial charge is 0.201 e. The molecule has 180 valence electrons. The lowest BCUT2D eigenvalue weighted by Crippen LogP contribution is -2.38. The zero-order valence-electron chi connectivity index (χ0n) is 12.6. The van der Waals surface area contributed by atoms with Crippen LogP contribution in [0.3, 0.4) is 0 Å². The van der Waals surface area contributed by atoms with Gasteiger partial charge in [0.25, 0.3) is 0 Å². The van der Waals surface area contributed by atoms with Gasteiger partial charge in [0, 0.05) is 0 Å². The topological polar surface area (TPSA) is 0 Å². The highest BCUT2D eigenvalue weighted by Gasteiger charge is 2.65. The molecule has 0 aromatic carbocycles. The van der Waals surface area contributed by atoms with Gasteiger partial charge in [0.15, 0.2) is 0 Å². The van der Waals surface area contributed by atoms with Crippen LogP contribution in [0.1, 0.15) is 0 Å². The SMILES string of the molecule is F/C(=C(/F)C(F)(F)C(F)(F)F)C(F)(F)F.F/C(=C(/F)C(F)(F)C(F)(F)F)C(F)(F)F. The number of hydrogen-bond donors (Lipinski definition) is 0. The van der Waals surface area contributed by atoms with E-state index in [2.05, 4.69) is 0 Å². The van der Waals surface area contributed by atoms with Crippen molar-refractivity contribution in [2.75, 3.05) is 0 Å². The van der Waals surface area contributed by atoms with Gasteiger partial charge in [0.2, 0.25) is 23.3 Å². The average molecular weight is 500 g/mol. The minimum absolute atomic E-state index is 4.11. The van der Waals surface area contributed by atoms with Gasteiger partial charge in [-0.15, -0.1) is 0 Å². The molecule has 0 spiro atoms. The number of allylic oxidation sites excluding steroid dienone is 4. The first-order chi connectivity index (χ1) is 12.6. The molecule has 0 amide bonds. The number of rotatable bonds is 2. The minimum atomic E-state index is -6.64. The summed E-state index contributed by atoms with van der Waals surface area (Å²) in [6.45, 7) is 0. The van der Waals surface area contributed by atoms with E-state index in [0.717, 1.165) is 0 Å². The Balaban J connectivity index is 0. The first kappa shape index (κ1) is 30.3. The Kier molecular flexibility index (Phi) is 8.75. The van der Waals surface area contributed by atoms with Gasteiger partial charge < -0.3 is 0 Å². The van der Waals surface area contributed by atoms with Gasteiger partial charge in [-0.25, -0.2) is 8.78 Å². The van der Waals surface area contributed by atoms with Crippen LogP contribution in [-0.2, 0) is 0 Å². The van der Waals surface area contributed by atoms with E-state index in [1.165, 1.54) is 0 Å². The summed E-state index contributed by atoms with van der Waals surface area (Å²) in [5, 5.41) is 0. The van der Waals surface area contributed by atoms with Gasteiger partial charge in [-0.3, -0.25) is 0 Å². The lowest BCUT2D eigenvalue weighted by Gasteiger charge is -2.18. The summed E-state index contributed by atoms with van der Waals surface area (Å²) < 4.78 is 230. The second kappa shape index (κ2) is 8.67. The Bertz CT molecular complexity index is 587. The Morgan fingerprint density at radius 3 is 0.567 bits per heavy atom. The summed E-state index contributed by atoms with van der Waals surface area (Å²) in [6, 6.07) is 0. The van der Waals surface area contributed by atoms with Crippen molar-refractivity contribution < 1.29 is 87.8 Å². The first-order valence-electron chi connectivity index (χ1n) is 5.78. The van der Waals surface area contributed by atoms with E-state index in [0.29, 0.717) is 0 Å². The molecule has 30 heavy (non-hydrogen) atoms. The molecule has 0 aliphatic carbocycles. The van der Waals surface area contributed by atoms with Crippen LogP contribution in [-0.4, -0.2) is 36.6 Å². The molecule has 0 saturated heterocycles. The monoisotopic (exact) mass is 500 g/mol. The lowest BCUT2D eigenvalue weighted by molar-refractivity contribution is -0.273. The second-order valence-electron chi connectivity index (χ2n) is 4.40. The molecule has 0 atom stereocenters. The van der Waals surface area contributed by atoms with Crippen LogP contribution in [0.2, 0.25) is 0 Å². The van der Waals surface area contributed by atoms with Crippen LogP contribution < -0.4 is 0 Å². The maximum atomic E-state index is 11.9. The molecule has 0 unspecified atom stereocenters. The third-order valence-electron chi connectivity index (χ3n) is 2.15. The van der Waals surface area contributed by atoms with Gasteiger partial charge >= 0.3 is 36.6 Å². The van der Waals surface area contributed by atoms with Crippen molar-refractivity contribution in [2.45, 2.75) is 36.6 Å². The van der Waals surface area contributed by atoms with Crippen molar-refractivity contribution in [3.05, 3.63) is 23.3 Å². The van der Waals surface area contributed by atoms with Gasteiger partial charge in [0.1, 0.15) is 0 Å². The van der Waals surface area contributed by atoms with Gasteiger partial charge in [0.05, 0.1) is 0 Å². The molecule has 0 nitrogen and oxygen atoms in total. The van der Waals surface area contributed by atoms with Crippen LogP contribution in [0.25, 0.3) is 0 Å². The maximum absolute atomic E-state index is 11.9. The molecule has 0 bridgehead atoms. The zero-order chi connectivity index (χ0) is 25.3. The Morgan fingerprint density at radius 1 is 0.300 bits per heavy atom. The molecule has 0 radical (unpaired) electrons. The molecular weight excluding hydrogens is 500 g/mol. The summed E-state index contributed by atoms with van der Waals surface area (Å²) >= 11 is 0. The van der Waals surface area contributed by atoms with Crippen molar-refractivity contribution in [3.8, 4) is 0 Å². The minimum Gasteiger partial charge on any atom is -0.201 e. The standard InChI is InChI=1S/2C5F10/c2*6-1(2(7)4(10,11)12)3(8,9)5(13,14)15/b2*2-1+. The summed E-state index contributed by atoms with van der Waals surface area (Å²) in [4.78, 5) is 0. The van der Waals surface area contributed by atoms with Crippen LogP contribution in [0.5, 0.6) is 0 Å². The van der Waals surface area contributed by atoms with Gasteiger partial charge in [-0.05, 0) is 0 Å². The largest absolute Gasteiger partial charge is 0.460 e. The van der Waals surface area contributed by atoms with E-state index in [1.54, 1.807) is 0 Å². The molecule has 0 aromatic rings. The number of halogens is 20. The normalized spacial score (nSPS) is 16.4. The fourth-order valence-electron chi connectivity index (χ4n) is 0.773. The highest BCUT2D eigenvalue weighted by atomic mass is 19.4. The number of hydrogen-bond acceptors (Lipinski definition) is 0. The molecule has 0 heterocycles. The first-order valence-corrected chi connectivity index (χ1v) is 5.78. The molecule has 0 aliphatic heterocycles. The Hall–Kier alpha value is -1.92. The fourth-order valence-corrected chi connectivity index (χ4v) is 0.773. The van der Waals surface area contributed by atoms with Crippen LogP contribution in [0, 0.1) is 0 Å². The zero-order valence-corrected chi connectivity index (χ0v) is 12.6.